The Morgan fingerprint density at radius 3 is 1.70 bits per heavy atom. The van der Waals surface area contributed by atoms with Gasteiger partial charge in [0.2, 0.25) is 11.8 Å². The molecule has 1 aliphatic heterocycles. The molecule has 6 atom stereocenters. The Kier molecular flexibility index (Phi) is 21.8. The van der Waals surface area contributed by atoms with E-state index in [1.807, 2.05) is 0 Å². The predicted molar refractivity (Wildman–Crippen MR) is 223 cm³/mol. The fourth-order valence-corrected chi connectivity index (χ4v) is 6.55. The van der Waals surface area contributed by atoms with Crippen LogP contribution in [0.15, 0.2) is 24.3 Å². The van der Waals surface area contributed by atoms with Gasteiger partial charge >= 0.3 is 0 Å². The average Bonchev–Trinajstić information content (AvgIpc) is 3.04. The molecule has 0 saturated carbocycles. The van der Waals surface area contributed by atoms with Gasteiger partial charge in [0, 0.05) is 26.2 Å². The average molecular weight is 765 g/mol. The molecular weight excluding hydrogens is 681 g/mol. The van der Waals surface area contributed by atoms with Crippen molar-refractivity contribution < 1.29 is 30.0 Å². The quantitative estimate of drug-likeness (QED) is 0.0437. The molecule has 1 fully saturated rings. The lowest BCUT2D eigenvalue weighted by atomic mass is 9.69. The Morgan fingerprint density at radius 1 is 0.704 bits per heavy atom. The molecule has 1 heterocycles. The first-order chi connectivity index (χ1) is 24.9. The topological polar surface area (TPSA) is 146 Å². The van der Waals surface area contributed by atoms with E-state index in [-0.39, 0.29) is 46.0 Å². The molecule has 1 rings (SSSR count). The lowest BCUT2D eigenvalue weighted by Gasteiger charge is -2.36. The fourth-order valence-electron chi connectivity index (χ4n) is 6.55. The summed E-state index contributed by atoms with van der Waals surface area (Å²) >= 11 is 0. The van der Waals surface area contributed by atoms with E-state index >= 15 is 0 Å². The van der Waals surface area contributed by atoms with Gasteiger partial charge in [-0.3, -0.25) is 19.4 Å². The second-order valence-electron chi connectivity index (χ2n) is 19.4. The van der Waals surface area contributed by atoms with Crippen molar-refractivity contribution in [3.63, 3.8) is 0 Å². The number of allylic oxidation sites excluding steroid dienone is 4. The van der Waals surface area contributed by atoms with Gasteiger partial charge in [0.15, 0.2) is 0 Å². The maximum atomic E-state index is 12.9. The van der Waals surface area contributed by atoms with Crippen LogP contribution in [0.3, 0.4) is 0 Å². The summed E-state index contributed by atoms with van der Waals surface area (Å²) in [6.45, 7) is 29.1. The lowest BCUT2D eigenvalue weighted by molar-refractivity contribution is -0.137. The summed E-state index contributed by atoms with van der Waals surface area (Å²) in [6, 6.07) is -1.13. The molecule has 6 unspecified atom stereocenters. The van der Waals surface area contributed by atoms with Crippen LogP contribution in [0, 0.1) is 27.6 Å². The number of aliphatic hydroxyl groups is 4. The van der Waals surface area contributed by atoms with Crippen molar-refractivity contribution >= 4 is 11.8 Å². The van der Waals surface area contributed by atoms with Gasteiger partial charge in [0.05, 0.1) is 24.9 Å². The smallest absolute Gasteiger partial charge is 0.243 e. The van der Waals surface area contributed by atoms with Gasteiger partial charge < -0.3 is 31.1 Å². The van der Waals surface area contributed by atoms with Crippen LogP contribution in [-0.2, 0) is 9.59 Å². The van der Waals surface area contributed by atoms with Crippen LogP contribution in [0.4, 0.5) is 0 Å². The minimum Gasteiger partial charge on any atom is -0.395 e. The van der Waals surface area contributed by atoms with E-state index in [1.165, 1.54) is 0 Å². The van der Waals surface area contributed by atoms with Crippen molar-refractivity contribution in [3.8, 4) is 0 Å². The Morgan fingerprint density at radius 2 is 1.22 bits per heavy atom. The minimum atomic E-state index is -0.567. The number of carbonyl (C=O) groups is 2. The van der Waals surface area contributed by atoms with Gasteiger partial charge in [-0.05, 0) is 105 Å². The number of hydrogen-bond donors (Lipinski definition) is 6. The van der Waals surface area contributed by atoms with Gasteiger partial charge in [-0.1, -0.05) is 100 Å². The largest absolute Gasteiger partial charge is 0.395 e. The Hall–Kier alpha value is -1.82. The number of nitrogens with one attached hydrogen (secondary N) is 2. The van der Waals surface area contributed by atoms with Crippen LogP contribution in [0.2, 0.25) is 0 Å². The van der Waals surface area contributed by atoms with Gasteiger partial charge in [-0.25, -0.2) is 0 Å². The summed E-state index contributed by atoms with van der Waals surface area (Å²) in [6.07, 6.45) is 13.8. The van der Waals surface area contributed by atoms with Gasteiger partial charge in [-0.15, -0.1) is 0 Å². The second kappa shape index (κ2) is 23.4. The summed E-state index contributed by atoms with van der Waals surface area (Å²) in [5.74, 6) is -0.232. The highest BCUT2D eigenvalue weighted by Crippen LogP contribution is 2.39. The van der Waals surface area contributed by atoms with E-state index in [9.17, 15) is 30.0 Å². The lowest BCUT2D eigenvalue weighted by Crippen LogP contribution is -2.61. The van der Waals surface area contributed by atoms with Crippen molar-refractivity contribution in [2.45, 2.75) is 171 Å². The van der Waals surface area contributed by atoms with E-state index < -0.39 is 30.4 Å². The molecule has 0 aromatic carbocycles. The van der Waals surface area contributed by atoms with E-state index in [0.717, 1.165) is 38.5 Å². The van der Waals surface area contributed by atoms with Crippen LogP contribution in [0.1, 0.15) is 141 Å². The van der Waals surface area contributed by atoms with Crippen molar-refractivity contribution in [2.75, 3.05) is 45.9 Å². The highest BCUT2D eigenvalue weighted by molar-refractivity contribution is 5.96. The van der Waals surface area contributed by atoms with Crippen LogP contribution in [0.25, 0.3) is 0 Å². The number of piperazine rings is 1. The second-order valence-corrected chi connectivity index (χ2v) is 19.4. The van der Waals surface area contributed by atoms with Crippen LogP contribution in [0.5, 0.6) is 0 Å². The highest BCUT2D eigenvalue weighted by Gasteiger charge is 2.33. The molecule has 0 aromatic rings. The van der Waals surface area contributed by atoms with Gasteiger partial charge in [0.1, 0.15) is 12.1 Å². The highest BCUT2D eigenvalue weighted by atomic mass is 16.3. The third-order valence-electron chi connectivity index (χ3n) is 11.8. The van der Waals surface area contributed by atoms with Crippen molar-refractivity contribution in [3.05, 3.63) is 24.3 Å². The summed E-state index contributed by atoms with van der Waals surface area (Å²) in [5, 5.41) is 47.5. The molecule has 10 nitrogen and oxygen atoms in total. The predicted octanol–water partition coefficient (Wildman–Crippen LogP) is 6.07. The molecule has 0 aromatic heterocycles. The number of amides is 2. The first kappa shape index (κ1) is 50.2. The molecule has 6 N–H and O–H groups in total. The molecule has 10 heteroatoms. The first-order valence-corrected chi connectivity index (χ1v) is 21.0. The van der Waals surface area contributed by atoms with Crippen LogP contribution >= 0.6 is 0 Å². The zero-order chi connectivity index (χ0) is 41.3. The SMILES string of the molecule is CCC(C)(C)/C=C\C(C)(C)CC(O)CN(CCCCC1NC(=O)C(CCCCN(CCO)CC(O)C(C)C/C=C\C(C)(C)C(C)(C)C)NC1=O)CC(C)O. The molecule has 1 saturated heterocycles. The zero-order valence-electron chi connectivity index (χ0n) is 36.6. The van der Waals surface area contributed by atoms with E-state index in [0.29, 0.717) is 58.5 Å². The summed E-state index contributed by atoms with van der Waals surface area (Å²) in [5.41, 5.74) is 0.152. The molecule has 54 heavy (non-hydrogen) atoms. The number of nitrogens with zero attached hydrogens (tertiary/aromatic N) is 2. The normalized spacial score (nSPS) is 20.2. The maximum Gasteiger partial charge on any atom is 0.243 e. The number of unbranched alkanes of at least 4 members (excludes halogenated alkanes) is 2. The number of carbonyl (C=O) groups excluding carboxylic acids is 2. The molecule has 0 bridgehead atoms. The molecule has 0 aliphatic carbocycles. The summed E-state index contributed by atoms with van der Waals surface area (Å²) in [7, 11) is 0. The molecular formula is C44H84N4O6. The molecule has 2 amide bonds. The molecule has 316 valence electrons. The number of hydrogen-bond acceptors (Lipinski definition) is 8. The number of rotatable bonds is 27. The standard InChI is InChI=1S/C44H84N4O6/c1-13-42(7,8)23-24-43(9,10)29-35(51)31-48(30-34(3)50)26-17-15-21-37-40(54)45-36(39(53)46-37)20-14-16-25-47(27-28-49)32-38(52)33(2)19-18-22-44(11,12)41(4,5)6/h18,22-24,33-38,49-52H,13-17,19-21,25-32H2,1-12H3,(H,45,54)(H,46,53)/b22-18-,24-23-. The van der Waals surface area contributed by atoms with Crippen LogP contribution in [-0.4, -0.2) is 118 Å². The van der Waals surface area contributed by atoms with Gasteiger partial charge in [0.25, 0.3) is 0 Å². The monoisotopic (exact) mass is 765 g/mol. The van der Waals surface area contributed by atoms with Crippen LogP contribution < -0.4 is 10.6 Å². The van der Waals surface area contributed by atoms with Crippen molar-refractivity contribution in [2.24, 2.45) is 27.6 Å². The molecule has 0 spiro atoms. The minimum absolute atomic E-state index is 0.0118. The Bertz CT molecular complexity index is 1140. The van der Waals surface area contributed by atoms with Crippen molar-refractivity contribution in [1.82, 2.24) is 20.4 Å². The fraction of sp³-hybridized carbons (Fsp3) is 0.864. The van der Waals surface area contributed by atoms with E-state index in [4.69, 9.17) is 0 Å². The zero-order valence-corrected chi connectivity index (χ0v) is 36.6. The van der Waals surface area contributed by atoms with E-state index in [1.54, 1.807) is 6.92 Å². The molecule has 0 radical (unpaired) electrons. The van der Waals surface area contributed by atoms with Crippen molar-refractivity contribution in [1.29, 1.82) is 0 Å². The number of aliphatic hydroxyl groups excluding tert-OH is 4. The maximum absolute atomic E-state index is 12.9. The first-order valence-electron chi connectivity index (χ1n) is 21.0. The van der Waals surface area contributed by atoms with Gasteiger partial charge in [-0.2, -0.15) is 0 Å². The van der Waals surface area contributed by atoms with E-state index in [2.05, 4.69) is 121 Å². The third-order valence-corrected chi connectivity index (χ3v) is 11.8. The Balaban J connectivity index is 2.52. The summed E-state index contributed by atoms with van der Waals surface area (Å²) < 4.78 is 0. The molecule has 1 aliphatic rings. The third kappa shape index (κ3) is 19.9. The Labute approximate surface area is 330 Å². The summed E-state index contributed by atoms with van der Waals surface area (Å²) in [4.78, 5) is 30.1.